The van der Waals surface area contributed by atoms with Crippen LogP contribution in [0, 0.1) is 0 Å². The monoisotopic (exact) mass is 224 g/mol. The molecule has 0 unspecified atom stereocenters. The van der Waals surface area contributed by atoms with Crippen LogP contribution in [0.1, 0.15) is 0 Å². The highest BCUT2D eigenvalue weighted by Gasteiger charge is 2.34. The van der Waals surface area contributed by atoms with Crippen molar-refractivity contribution in [2.75, 3.05) is 0 Å². The van der Waals surface area contributed by atoms with Crippen LogP contribution in [0.4, 0.5) is 0 Å². The molecule has 0 saturated carbocycles. The smallest absolute Gasteiger partial charge is 0.173 e. The molecule has 0 radical (unpaired) electrons. The van der Waals surface area contributed by atoms with Crippen LogP contribution in [-0.2, 0) is 9.47 Å². The number of ether oxygens (including phenoxy) is 2. The van der Waals surface area contributed by atoms with Crippen molar-refractivity contribution in [1.82, 2.24) is 0 Å². The first-order valence-corrected chi connectivity index (χ1v) is 4.23. The molecule has 0 N–H and O–H groups in total. The van der Waals surface area contributed by atoms with E-state index in [1.54, 1.807) is 0 Å². The maximum Gasteiger partial charge on any atom is 0.173 e. The minimum Gasteiger partial charge on any atom is -0.335 e. The van der Waals surface area contributed by atoms with E-state index in [0.29, 0.717) is 0 Å². The Morgan fingerprint density at radius 3 is 1.00 bits per heavy atom. The standard InChI is InChI=1S/C4H4Cl4O2/c5-1-2(6)10-4(8)3(7)9-1/h1-4H/t1-,2-,3-,4+/m0/s1. The minimum absolute atomic E-state index is 0.737. The maximum atomic E-state index is 5.51. The van der Waals surface area contributed by atoms with Gasteiger partial charge in [0.1, 0.15) is 0 Å². The van der Waals surface area contributed by atoms with Crippen molar-refractivity contribution in [2.24, 2.45) is 0 Å². The lowest BCUT2D eigenvalue weighted by atomic mass is 10.6. The molecule has 0 amide bonds. The summed E-state index contributed by atoms with van der Waals surface area (Å²) in [4.78, 5) is 0. The van der Waals surface area contributed by atoms with Gasteiger partial charge in [0.05, 0.1) is 0 Å². The first-order chi connectivity index (χ1) is 4.61. The molecule has 1 aliphatic rings. The summed E-state index contributed by atoms with van der Waals surface area (Å²) in [5, 5.41) is 0. The zero-order valence-electron chi connectivity index (χ0n) is 4.64. The quantitative estimate of drug-likeness (QED) is 0.590. The van der Waals surface area contributed by atoms with Gasteiger partial charge in [0.25, 0.3) is 0 Å². The lowest BCUT2D eigenvalue weighted by Gasteiger charge is -2.30. The lowest BCUT2D eigenvalue weighted by molar-refractivity contribution is -0.109. The largest absolute Gasteiger partial charge is 0.335 e. The second kappa shape index (κ2) is 3.65. The molecule has 0 aromatic rings. The fourth-order valence-electron chi connectivity index (χ4n) is 0.495. The number of hydrogen-bond acceptors (Lipinski definition) is 2. The molecular formula is C4H4Cl4O2. The van der Waals surface area contributed by atoms with E-state index >= 15 is 0 Å². The zero-order chi connectivity index (χ0) is 7.72. The molecule has 1 aliphatic heterocycles. The van der Waals surface area contributed by atoms with Gasteiger partial charge in [0.15, 0.2) is 22.3 Å². The van der Waals surface area contributed by atoms with E-state index in [0.717, 1.165) is 0 Å². The highest BCUT2D eigenvalue weighted by atomic mass is 35.5. The topological polar surface area (TPSA) is 18.5 Å². The zero-order valence-corrected chi connectivity index (χ0v) is 7.66. The number of halogens is 4. The number of hydrogen-bond donors (Lipinski definition) is 0. The molecule has 1 heterocycles. The van der Waals surface area contributed by atoms with Crippen molar-refractivity contribution in [3.63, 3.8) is 0 Å². The van der Waals surface area contributed by atoms with Gasteiger partial charge >= 0.3 is 0 Å². The van der Waals surface area contributed by atoms with Gasteiger partial charge in [-0.3, -0.25) is 0 Å². The normalized spacial score (nSPS) is 49.2. The molecule has 4 atom stereocenters. The van der Waals surface area contributed by atoms with E-state index in [-0.39, 0.29) is 0 Å². The Hall–Kier alpha value is 1.08. The summed E-state index contributed by atoms with van der Waals surface area (Å²) in [6.45, 7) is 0. The molecule has 0 aromatic carbocycles. The van der Waals surface area contributed by atoms with Crippen molar-refractivity contribution < 1.29 is 9.47 Å². The number of alkyl halides is 4. The second-order valence-corrected chi connectivity index (χ2v) is 3.40. The summed E-state index contributed by atoms with van der Waals surface area (Å²) >= 11 is 22.0. The van der Waals surface area contributed by atoms with Gasteiger partial charge in [-0.2, -0.15) is 0 Å². The van der Waals surface area contributed by atoms with Crippen molar-refractivity contribution in [1.29, 1.82) is 0 Å². The predicted octanol–water partition coefficient (Wildman–Crippen LogP) is 2.29. The summed E-state index contributed by atoms with van der Waals surface area (Å²) in [5.74, 6) is 0. The molecule has 60 valence electrons. The first-order valence-electron chi connectivity index (χ1n) is 2.48. The molecule has 6 heteroatoms. The molecule has 0 aromatic heterocycles. The van der Waals surface area contributed by atoms with E-state index in [1.807, 2.05) is 0 Å². The van der Waals surface area contributed by atoms with Crippen LogP contribution < -0.4 is 0 Å². The third kappa shape index (κ3) is 2.03. The van der Waals surface area contributed by atoms with Crippen molar-refractivity contribution in [3.05, 3.63) is 0 Å². The van der Waals surface area contributed by atoms with Crippen LogP contribution in [-0.4, -0.2) is 22.3 Å². The first kappa shape index (κ1) is 9.17. The SMILES string of the molecule is Cl[C@@H]1O[C@H](Cl)[C@@H](Cl)O[C@@H]1Cl. The highest BCUT2D eigenvalue weighted by molar-refractivity contribution is 6.31. The molecule has 2 nitrogen and oxygen atoms in total. The maximum absolute atomic E-state index is 5.51. The molecule has 1 fully saturated rings. The molecule has 1 saturated heterocycles. The van der Waals surface area contributed by atoms with Crippen molar-refractivity contribution in [3.8, 4) is 0 Å². The van der Waals surface area contributed by atoms with Gasteiger partial charge in [-0.05, 0) is 0 Å². The molecule has 10 heavy (non-hydrogen) atoms. The van der Waals surface area contributed by atoms with Crippen LogP contribution in [0.15, 0.2) is 0 Å². The van der Waals surface area contributed by atoms with Gasteiger partial charge in [0.2, 0.25) is 0 Å². The summed E-state index contributed by atoms with van der Waals surface area (Å²) in [6, 6.07) is 0. The van der Waals surface area contributed by atoms with Gasteiger partial charge in [0, 0.05) is 0 Å². The predicted molar refractivity (Wildman–Crippen MR) is 40.7 cm³/mol. The fourth-order valence-corrected chi connectivity index (χ4v) is 1.28. The van der Waals surface area contributed by atoms with E-state index in [1.165, 1.54) is 0 Å². The van der Waals surface area contributed by atoms with E-state index in [2.05, 4.69) is 0 Å². The Balaban J connectivity index is 2.46. The van der Waals surface area contributed by atoms with Crippen LogP contribution in [0.2, 0.25) is 0 Å². The molecule has 0 bridgehead atoms. The highest BCUT2D eigenvalue weighted by Crippen LogP contribution is 2.28. The third-order valence-corrected chi connectivity index (χ3v) is 2.52. The molecule has 1 rings (SSSR count). The average Bonchev–Trinajstić information content (AvgIpc) is 1.84. The van der Waals surface area contributed by atoms with E-state index in [9.17, 15) is 0 Å². The van der Waals surface area contributed by atoms with Crippen LogP contribution in [0.25, 0.3) is 0 Å². The number of rotatable bonds is 0. The van der Waals surface area contributed by atoms with Gasteiger partial charge < -0.3 is 9.47 Å². The van der Waals surface area contributed by atoms with Crippen LogP contribution >= 0.6 is 46.4 Å². The summed E-state index contributed by atoms with van der Waals surface area (Å²) in [5.41, 5.74) is -2.95. The van der Waals surface area contributed by atoms with Gasteiger partial charge in [-0.25, -0.2) is 0 Å². The molecular weight excluding hydrogens is 222 g/mol. The average molecular weight is 226 g/mol. The summed E-state index contributed by atoms with van der Waals surface area (Å²) in [7, 11) is 0. The van der Waals surface area contributed by atoms with Crippen molar-refractivity contribution in [2.45, 2.75) is 22.3 Å². The summed E-state index contributed by atoms with van der Waals surface area (Å²) in [6.07, 6.45) is 0. The van der Waals surface area contributed by atoms with E-state index in [4.69, 9.17) is 55.9 Å². The van der Waals surface area contributed by atoms with Gasteiger partial charge in [-0.1, -0.05) is 46.4 Å². The molecule has 0 spiro atoms. The Bertz CT molecular complexity index is 95.8. The van der Waals surface area contributed by atoms with Crippen molar-refractivity contribution >= 4 is 46.4 Å². The van der Waals surface area contributed by atoms with E-state index < -0.39 is 22.3 Å². The van der Waals surface area contributed by atoms with Gasteiger partial charge in [-0.15, -0.1) is 0 Å². The minimum atomic E-state index is -0.737. The van der Waals surface area contributed by atoms with Crippen LogP contribution in [0.5, 0.6) is 0 Å². The lowest BCUT2D eigenvalue weighted by Crippen LogP contribution is -2.39. The molecule has 0 aliphatic carbocycles. The Labute approximate surface area is 78.3 Å². The Morgan fingerprint density at radius 1 is 0.600 bits per heavy atom. The fraction of sp³-hybridized carbons (Fsp3) is 1.00. The summed E-state index contributed by atoms with van der Waals surface area (Å²) < 4.78 is 9.71. The second-order valence-electron chi connectivity index (χ2n) is 1.68. The Kier molecular flexibility index (Phi) is 3.35. The van der Waals surface area contributed by atoms with Crippen LogP contribution in [0.3, 0.4) is 0 Å². The third-order valence-electron chi connectivity index (χ3n) is 0.932. The Morgan fingerprint density at radius 2 is 0.800 bits per heavy atom.